The van der Waals surface area contributed by atoms with Crippen molar-refractivity contribution in [2.75, 3.05) is 0 Å². The van der Waals surface area contributed by atoms with Crippen molar-refractivity contribution >= 4 is 5.97 Å². The van der Waals surface area contributed by atoms with Crippen LogP contribution in [0.1, 0.15) is 6.92 Å². The Hall–Kier alpha value is -2.11. The molecule has 0 saturated heterocycles. The van der Waals surface area contributed by atoms with Crippen molar-refractivity contribution in [3.63, 3.8) is 0 Å². The zero-order chi connectivity index (χ0) is 10.9. The highest BCUT2D eigenvalue weighted by Gasteiger charge is 2.19. The average Bonchev–Trinajstić information content (AvgIpc) is 2.09. The lowest BCUT2D eigenvalue weighted by Crippen LogP contribution is -2.01. The number of carbonyl (C=O) groups is 1. The molecule has 76 valence electrons. The molecule has 0 unspecified atom stereocenters. The van der Waals surface area contributed by atoms with Gasteiger partial charge < -0.3 is 25.2 Å². The minimum atomic E-state index is -0.891. The molecule has 0 bridgehead atoms. The summed E-state index contributed by atoms with van der Waals surface area (Å²) in [6.45, 7) is 1.06. The summed E-state index contributed by atoms with van der Waals surface area (Å²) >= 11 is 0. The minimum absolute atomic E-state index is 0.590. The van der Waals surface area contributed by atoms with Gasteiger partial charge in [0, 0.05) is 13.0 Å². The van der Waals surface area contributed by atoms with E-state index in [4.69, 9.17) is 20.4 Å². The van der Waals surface area contributed by atoms with Gasteiger partial charge in [0.25, 0.3) is 0 Å². The summed E-state index contributed by atoms with van der Waals surface area (Å²) < 4.78 is 4.40. The Labute approximate surface area is 78.6 Å². The lowest BCUT2D eigenvalue weighted by Gasteiger charge is -2.08. The molecule has 0 aliphatic heterocycles. The first kappa shape index (κ1) is 9.97. The Morgan fingerprint density at radius 3 is 2.21 bits per heavy atom. The maximum absolute atomic E-state index is 10.5. The average molecular weight is 200 g/mol. The van der Waals surface area contributed by atoms with Crippen LogP contribution < -0.4 is 4.74 Å². The van der Waals surface area contributed by atoms with E-state index in [1.807, 2.05) is 0 Å². The van der Waals surface area contributed by atoms with Crippen molar-refractivity contribution in [3.8, 4) is 28.7 Å². The van der Waals surface area contributed by atoms with E-state index < -0.39 is 34.7 Å². The van der Waals surface area contributed by atoms with Crippen molar-refractivity contribution in [2.45, 2.75) is 6.92 Å². The maximum atomic E-state index is 10.5. The summed E-state index contributed by atoms with van der Waals surface area (Å²) in [6.07, 6.45) is 0. The van der Waals surface area contributed by atoms with Gasteiger partial charge in [-0.2, -0.15) is 0 Å². The summed E-state index contributed by atoms with van der Waals surface area (Å²) in [6, 6.07) is 0.743. The van der Waals surface area contributed by atoms with Crippen LogP contribution >= 0.6 is 0 Å². The minimum Gasteiger partial charge on any atom is -0.504 e. The number of ether oxygens (including phenoxy) is 1. The van der Waals surface area contributed by atoms with E-state index in [2.05, 4.69) is 4.74 Å². The van der Waals surface area contributed by atoms with Crippen LogP contribution in [0.3, 0.4) is 0 Å². The SMILES string of the molecule is CC(=O)Oc1c(O)cc(O)c(O)c1O. The third-order valence-electron chi connectivity index (χ3n) is 1.43. The van der Waals surface area contributed by atoms with E-state index in [1.165, 1.54) is 0 Å². The number of phenols is 4. The van der Waals surface area contributed by atoms with E-state index in [-0.39, 0.29) is 0 Å². The number of carbonyl (C=O) groups excluding carboxylic acids is 1. The quantitative estimate of drug-likeness (QED) is 0.227. The number of hydrogen-bond donors (Lipinski definition) is 4. The van der Waals surface area contributed by atoms with Gasteiger partial charge in [-0.3, -0.25) is 4.79 Å². The molecule has 6 heteroatoms. The van der Waals surface area contributed by atoms with Gasteiger partial charge in [0.2, 0.25) is 17.2 Å². The smallest absolute Gasteiger partial charge is 0.308 e. The van der Waals surface area contributed by atoms with Crippen molar-refractivity contribution < 1.29 is 30.0 Å². The first-order valence-electron chi connectivity index (χ1n) is 3.58. The molecule has 0 heterocycles. The number of benzene rings is 1. The summed E-state index contributed by atoms with van der Waals surface area (Å²) in [5.41, 5.74) is 0. The van der Waals surface area contributed by atoms with Crippen LogP contribution in [0, 0.1) is 0 Å². The van der Waals surface area contributed by atoms with E-state index in [1.54, 1.807) is 0 Å². The summed E-state index contributed by atoms with van der Waals surface area (Å²) in [5.74, 6) is -4.48. The molecule has 6 nitrogen and oxygen atoms in total. The summed E-state index contributed by atoms with van der Waals surface area (Å²) in [4.78, 5) is 10.5. The van der Waals surface area contributed by atoms with Crippen molar-refractivity contribution in [1.29, 1.82) is 0 Å². The molecule has 0 fully saturated rings. The monoisotopic (exact) mass is 200 g/mol. The van der Waals surface area contributed by atoms with Crippen LogP contribution in [0.4, 0.5) is 0 Å². The normalized spacial score (nSPS) is 9.79. The molecule has 0 aromatic heterocycles. The molecular formula is C8H8O6. The molecule has 0 aliphatic carbocycles. The largest absolute Gasteiger partial charge is 0.504 e. The van der Waals surface area contributed by atoms with Gasteiger partial charge in [0.15, 0.2) is 11.5 Å². The van der Waals surface area contributed by atoms with Crippen molar-refractivity contribution in [1.82, 2.24) is 0 Å². The van der Waals surface area contributed by atoms with Gasteiger partial charge in [0.05, 0.1) is 0 Å². The standard InChI is InChI=1S/C8H8O6/c1-3(9)14-8-5(11)2-4(10)6(12)7(8)13/h2,10-13H,1H3. The van der Waals surface area contributed by atoms with Gasteiger partial charge in [0.1, 0.15) is 0 Å². The lowest BCUT2D eigenvalue weighted by molar-refractivity contribution is -0.132. The maximum Gasteiger partial charge on any atom is 0.308 e. The highest BCUT2D eigenvalue weighted by atomic mass is 16.5. The van der Waals surface area contributed by atoms with Crippen molar-refractivity contribution in [3.05, 3.63) is 6.07 Å². The number of aromatic hydroxyl groups is 4. The highest BCUT2D eigenvalue weighted by Crippen LogP contribution is 2.47. The molecule has 0 aliphatic rings. The second kappa shape index (κ2) is 3.33. The molecule has 0 radical (unpaired) electrons. The summed E-state index contributed by atoms with van der Waals surface area (Å²) in [7, 11) is 0. The van der Waals surface area contributed by atoms with E-state index >= 15 is 0 Å². The Bertz CT molecular complexity index is 384. The molecule has 1 aromatic carbocycles. The fourth-order valence-corrected chi connectivity index (χ4v) is 0.858. The molecule has 1 aromatic rings. The zero-order valence-corrected chi connectivity index (χ0v) is 7.18. The molecule has 0 atom stereocenters. The van der Waals surface area contributed by atoms with Gasteiger partial charge in [-0.15, -0.1) is 0 Å². The fraction of sp³-hybridized carbons (Fsp3) is 0.125. The van der Waals surface area contributed by atoms with Gasteiger partial charge in [-0.05, 0) is 0 Å². The summed E-state index contributed by atoms with van der Waals surface area (Å²) in [5, 5.41) is 36.2. The third kappa shape index (κ3) is 1.63. The Morgan fingerprint density at radius 1 is 1.14 bits per heavy atom. The molecule has 0 amide bonds. The van der Waals surface area contributed by atoms with Crippen LogP contribution in [0.2, 0.25) is 0 Å². The Kier molecular flexibility index (Phi) is 2.37. The van der Waals surface area contributed by atoms with Crippen LogP contribution in [0.25, 0.3) is 0 Å². The van der Waals surface area contributed by atoms with Crippen LogP contribution in [-0.2, 0) is 4.79 Å². The first-order valence-corrected chi connectivity index (χ1v) is 3.58. The second-order valence-corrected chi connectivity index (χ2v) is 2.53. The zero-order valence-electron chi connectivity index (χ0n) is 7.18. The number of hydrogen-bond acceptors (Lipinski definition) is 6. The van der Waals surface area contributed by atoms with E-state index in [0.717, 1.165) is 13.0 Å². The fourth-order valence-electron chi connectivity index (χ4n) is 0.858. The lowest BCUT2D eigenvalue weighted by atomic mass is 10.2. The van der Waals surface area contributed by atoms with Crippen LogP contribution in [0.15, 0.2) is 6.07 Å². The van der Waals surface area contributed by atoms with Crippen LogP contribution in [-0.4, -0.2) is 26.4 Å². The molecule has 0 spiro atoms. The Morgan fingerprint density at radius 2 is 1.71 bits per heavy atom. The third-order valence-corrected chi connectivity index (χ3v) is 1.43. The number of esters is 1. The molecule has 1 rings (SSSR count). The predicted molar refractivity (Wildman–Crippen MR) is 44.4 cm³/mol. The Balaban J connectivity index is 3.29. The van der Waals surface area contributed by atoms with E-state index in [0.29, 0.717) is 0 Å². The van der Waals surface area contributed by atoms with Crippen LogP contribution in [0.5, 0.6) is 28.7 Å². The highest BCUT2D eigenvalue weighted by molar-refractivity contribution is 5.74. The van der Waals surface area contributed by atoms with Crippen molar-refractivity contribution in [2.24, 2.45) is 0 Å². The molecule has 14 heavy (non-hydrogen) atoms. The molecular weight excluding hydrogens is 192 g/mol. The second-order valence-electron chi connectivity index (χ2n) is 2.53. The van der Waals surface area contributed by atoms with Gasteiger partial charge in [-0.25, -0.2) is 0 Å². The van der Waals surface area contributed by atoms with E-state index in [9.17, 15) is 4.79 Å². The topological polar surface area (TPSA) is 107 Å². The number of rotatable bonds is 1. The number of phenolic OH excluding ortho intramolecular Hbond substituents is 4. The molecule has 4 N–H and O–H groups in total. The predicted octanol–water partition coefficient (Wildman–Crippen LogP) is 0.434. The molecule has 0 saturated carbocycles. The van der Waals surface area contributed by atoms with Gasteiger partial charge >= 0.3 is 5.97 Å². The first-order chi connectivity index (χ1) is 6.43. The van der Waals surface area contributed by atoms with Gasteiger partial charge in [-0.1, -0.05) is 0 Å².